The fourth-order valence-corrected chi connectivity index (χ4v) is 3.81. The van der Waals surface area contributed by atoms with Gasteiger partial charge in [0.2, 0.25) is 0 Å². The molecule has 2 N–H and O–H groups in total. The zero-order chi connectivity index (χ0) is 16.3. The Bertz CT molecular complexity index is 345. The Morgan fingerprint density at radius 3 is 2.67 bits per heavy atom. The van der Waals surface area contributed by atoms with Crippen molar-refractivity contribution in [3.63, 3.8) is 0 Å². The van der Waals surface area contributed by atoms with E-state index in [0.29, 0.717) is 6.04 Å². The van der Waals surface area contributed by atoms with Gasteiger partial charge in [0.25, 0.3) is 0 Å². The first-order valence-electron chi connectivity index (χ1n) is 9.08. The summed E-state index contributed by atoms with van der Waals surface area (Å²) in [4.78, 5) is 6.97. The number of likely N-dealkylation sites (tertiary alicyclic amines) is 1. The minimum atomic E-state index is 0. The number of unbranched alkanes of at least 4 members (excludes halogenated alkanes) is 1. The van der Waals surface area contributed by atoms with Crippen LogP contribution in [0.15, 0.2) is 4.99 Å². The molecule has 0 aromatic carbocycles. The molecule has 0 aliphatic carbocycles. The van der Waals surface area contributed by atoms with Crippen LogP contribution in [0.3, 0.4) is 0 Å². The molecule has 5 nitrogen and oxygen atoms in total. The van der Waals surface area contributed by atoms with E-state index in [1.54, 1.807) is 0 Å². The van der Waals surface area contributed by atoms with E-state index in [-0.39, 0.29) is 24.0 Å². The number of hydrogen-bond acceptors (Lipinski definition) is 4. The van der Waals surface area contributed by atoms with Crippen LogP contribution in [0, 0.1) is 5.92 Å². The quantitative estimate of drug-likeness (QED) is 0.247. The molecule has 0 radical (unpaired) electrons. The van der Waals surface area contributed by atoms with E-state index < -0.39 is 0 Å². The molecular weight excluding hydrogens is 435 g/mol. The number of guanidine groups is 1. The second kappa shape index (κ2) is 13.5. The van der Waals surface area contributed by atoms with Crippen LogP contribution in [-0.4, -0.2) is 75.4 Å². The van der Waals surface area contributed by atoms with Crippen molar-refractivity contribution in [2.45, 2.75) is 38.1 Å². The smallest absolute Gasteiger partial charge is 0.191 e. The molecule has 0 spiro atoms. The highest BCUT2D eigenvalue weighted by atomic mass is 127. The molecule has 2 heterocycles. The van der Waals surface area contributed by atoms with Gasteiger partial charge in [-0.3, -0.25) is 4.99 Å². The molecule has 0 saturated carbocycles. The lowest BCUT2D eigenvalue weighted by Crippen LogP contribution is -2.49. The number of nitrogens with one attached hydrogen (secondary N) is 2. The summed E-state index contributed by atoms with van der Waals surface area (Å²) in [6.45, 7) is 6.54. The van der Waals surface area contributed by atoms with Crippen LogP contribution in [0.25, 0.3) is 0 Å². The van der Waals surface area contributed by atoms with Crippen molar-refractivity contribution < 1.29 is 4.74 Å². The molecule has 24 heavy (non-hydrogen) atoms. The zero-order valence-electron chi connectivity index (χ0n) is 15.3. The second-order valence-electron chi connectivity index (χ2n) is 6.65. The summed E-state index contributed by atoms with van der Waals surface area (Å²) < 4.78 is 5.48. The van der Waals surface area contributed by atoms with E-state index in [1.807, 2.05) is 18.8 Å². The van der Waals surface area contributed by atoms with Gasteiger partial charge >= 0.3 is 0 Å². The Labute approximate surface area is 169 Å². The van der Waals surface area contributed by atoms with Crippen LogP contribution in [-0.2, 0) is 4.74 Å². The Hall–Kier alpha value is 0.270. The van der Waals surface area contributed by atoms with Crippen molar-refractivity contribution in [1.82, 2.24) is 15.5 Å². The summed E-state index contributed by atoms with van der Waals surface area (Å²) in [7, 11) is 1.87. The predicted octanol–water partition coefficient (Wildman–Crippen LogP) is 2.41. The first kappa shape index (κ1) is 22.3. The van der Waals surface area contributed by atoms with E-state index in [2.05, 4.69) is 26.8 Å². The van der Waals surface area contributed by atoms with Gasteiger partial charge in [0.1, 0.15) is 0 Å². The van der Waals surface area contributed by atoms with Crippen LogP contribution in [0.2, 0.25) is 0 Å². The van der Waals surface area contributed by atoms with Gasteiger partial charge in [-0.1, -0.05) is 0 Å². The van der Waals surface area contributed by atoms with Crippen LogP contribution in [0.4, 0.5) is 0 Å². The van der Waals surface area contributed by atoms with Gasteiger partial charge in [0, 0.05) is 45.9 Å². The topological polar surface area (TPSA) is 48.9 Å². The molecule has 142 valence electrons. The standard InChI is InChI=1S/C17H34N4OS.HI/c1-18-17(19-8-3-4-12-23-2)20-16-5-9-21(10-6-16)13-15-7-11-22-14-15;/h15-16H,3-14H2,1-2H3,(H2,18,19,20);1H. The SMILES string of the molecule is CN=C(NCCCCSC)NC1CCN(CC2CCOC2)CC1.I. The van der Waals surface area contributed by atoms with E-state index >= 15 is 0 Å². The molecule has 0 aromatic heterocycles. The van der Waals surface area contributed by atoms with Gasteiger partial charge in [0.05, 0.1) is 6.61 Å². The molecule has 1 unspecified atom stereocenters. The lowest BCUT2D eigenvalue weighted by Gasteiger charge is -2.34. The molecule has 0 aromatic rings. The first-order chi connectivity index (χ1) is 11.3. The van der Waals surface area contributed by atoms with Crippen molar-refractivity contribution >= 4 is 41.7 Å². The van der Waals surface area contributed by atoms with Crippen LogP contribution >= 0.6 is 35.7 Å². The number of hydrogen-bond donors (Lipinski definition) is 2. The summed E-state index contributed by atoms with van der Waals surface area (Å²) in [6.07, 6.45) is 8.31. The molecule has 2 saturated heterocycles. The average Bonchev–Trinajstić information content (AvgIpc) is 3.08. The van der Waals surface area contributed by atoms with Crippen molar-refractivity contribution in [3.05, 3.63) is 0 Å². The molecule has 7 heteroatoms. The monoisotopic (exact) mass is 470 g/mol. The largest absolute Gasteiger partial charge is 0.381 e. The Morgan fingerprint density at radius 2 is 2.04 bits per heavy atom. The van der Waals surface area contributed by atoms with Crippen molar-refractivity contribution in [2.24, 2.45) is 10.9 Å². The van der Waals surface area contributed by atoms with E-state index in [4.69, 9.17) is 4.74 Å². The maximum atomic E-state index is 5.48. The second-order valence-corrected chi connectivity index (χ2v) is 7.63. The van der Waals surface area contributed by atoms with Crippen molar-refractivity contribution in [3.8, 4) is 0 Å². The number of nitrogens with zero attached hydrogens (tertiary/aromatic N) is 2. The van der Waals surface area contributed by atoms with Gasteiger partial charge in [-0.05, 0) is 50.0 Å². The van der Waals surface area contributed by atoms with E-state index in [9.17, 15) is 0 Å². The normalized spacial score (nSPS) is 23.1. The Kier molecular flexibility index (Phi) is 12.5. The number of thioether (sulfide) groups is 1. The summed E-state index contributed by atoms with van der Waals surface area (Å²) >= 11 is 1.92. The lowest BCUT2D eigenvalue weighted by molar-refractivity contribution is 0.150. The summed E-state index contributed by atoms with van der Waals surface area (Å²) in [5.41, 5.74) is 0. The maximum Gasteiger partial charge on any atom is 0.191 e. The summed E-state index contributed by atoms with van der Waals surface area (Å²) in [5.74, 6) is 2.98. The lowest BCUT2D eigenvalue weighted by atomic mass is 10.0. The van der Waals surface area contributed by atoms with Gasteiger partial charge in [-0.2, -0.15) is 11.8 Å². The third kappa shape index (κ3) is 8.58. The number of aliphatic imine (C=N–C) groups is 1. The molecular formula is C17H35IN4OS. The van der Waals surface area contributed by atoms with Crippen LogP contribution in [0.1, 0.15) is 32.1 Å². The predicted molar refractivity (Wildman–Crippen MR) is 116 cm³/mol. The van der Waals surface area contributed by atoms with E-state index in [0.717, 1.165) is 31.6 Å². The van der Waals surface area contributed by atoms with Gasteiger partial charge in [0.15, 0.2) is 5.96 Å². The molecule has 1 atom stereocenters. The van der Waals surface area contributed by atoms with E-state index in [1.165, 1.54) is 57.5 Å². The third-order valence-corrected chi connectivity index (χ3v) is 5.46. The van der Waals surface area contributed by atoms with Crippen LogP contribution < -0.4 is 10.6 Å². The molecule has 2 rings (SSSR count). The fourth-order valence-electron chi connectivity index (χ4n) is 3.32. The Morgan fingerprint density at radius 1 is 1.25 bits per heavy atom. The van der Waals surface area contributed by atoms with Gasteiger partial charge in [-0.15, -0.1) is 24.0 Å². The van der Waals surface area contributed by atoms with Crippen molar-refractivity contribution in [2.75, 3.05) is 58.4 Å². The molecule has 2 aliphatic heterocycles. The van der Waals surface area contributed by atoms with Gasteiger partial charge in [-0.25, -0.2) is 0 Å². The summed E-state index contributed by atoms with van der Waals surface area (Å²) in [6, 6.07) is 0.559. The minimum absolute atomic E-state index is 0. The number of halogens is 1. The summed E-state index contributed by atoms with van der Waals surface area (Å²) in [5, 5.41) is 7.04. The number of rotatable bonds is 8. The molecule has 0 amide bonds. The highest BCUT2D eigenvalue weighted by Gasteiger charge is 2.24. The number of piperidine rings is 1. The highest BCUT2D eigenvalue weighted by Crippen LogP contribution is 2.17. The van der Waals surface area contributed by atoms with Gasteiger partial charge < -0.3 is 20.3 Å². The Balaban J connectivity index is 0.00000288. The molecule has 2 fully saturated rings. The fraction of sp³-hybridized carbons (Fsp3) is 0.941. The maximum absolute atomic E-state index is 5.48. The average molecular weight is 470 g/mol. The highest BCUT2D eigenvalue weighted by molar-refractivity contribution is 14.0. The number of ether oxygens (including phenoxy) is 1. The van der Waals surface area contributed by atoms with Crippen molar-refractivity contribution in [1.29, 1.82) is 0 Å². The first-order valence-corrected chi connectivity index (χ1v) is 10.5. The zero-order valence-corrected chi connectivity index (χ0v) is 18.4. The molecule has 2 aliphatic rings. The minimum Gasteiger partial charge on any atom is -0.381 e. The third-order valence-electron chi connectivity index (χ3n) is 4.76. The molecule has 0 bridgehead atoms. The van der Waals surface area contributed by atoms with Crippen LogP contribution in [0.5, 0.6) is 0 Å².